The Hall–Kier alpha value is -1.89. The maximum absolute atomic E-state index is 13.1. The van der Waals surface area contributed by atoms with E-state index in [2.05, 4.69) is 5.32 Å². The number of nitrogens with one attached hydrogen (secondary N) is 1. The fraction of sp³-hybridized carbons (Fsp3) is 0.364. The first kappa shape index (κ1) is 24.4. The number of methoxy groups -OCH3 is 1. The molecule has 0 unspecified atom stereocenters. The molecule has 0 heterocycles. The average Bonchev–Trinajstić information content (AvgIpc) is 2.75. The van der Waals surface area contributed by atoms with E-state index in [0.29, 0.717) is 22.2 Å². The van der Waals surface area contributed by atoms with Crippen molar-refractivity contribution in [3.8, 4) is 5.75 Å². The number of likely N-dealkylation sites (N-methyl/N-ethyl adjacent to an activating group) is 1. The molecule has 0 aliphatic carbocycles. The number of ether oxygens (including phenoxy) is 1. The highest BCUT2D eigenvalue weighted by molar-refractivity contribution is 7.99. The molecule has 2 aromatic carbocycles. The third-order valence-electron chi connectivity index (χ3n) is 4.64. The quantitative estimate of drug-likeness (QED) is 0.544. The summed E-state index contributed by atoms with van der Waals surface area (Å²) in [6.07, 6.45) is 0.500. The number of carbonyl (C=O) groups excluding carboxylic acids is 2. The molecule has 1 N–H and O–H groups in total. The summed E-state index contributed by atoms with van der Waals surface area (Å²) in [4.78, 5) is 27.1. The molecule has 0 aliphatic rings. The zero-order chi connectivity index (χ0) is 22.1. The minimum Gasteiger partial charge on any atom is -0.497 e. The lowest BCUT2D eigenvalue weighted by molar-refractivity contribution is -0.139. The molecule has 0 aliphatic heterocycles. The van der Waals surface area contributed by atoms with Crippen molar-refractivity contribution in [1.82, 2.24) is 10.2 Å². The van der Waals surface area contributed by atoms with Crippen molar-refractivity contribution in [3.63, 3.8) is 0 Å². The molecule has 0 radical (unpaired) electrons. The molecule has 0 saturated carbocycles. The van der Waals surface area contributed by atoms with Crippen LogP contribution < -0.4 is 10.1 Å². The summed E-state index contributed by atoms with van der Waals surface area (Å²) in [7, 11) is 3.20. The van der Waals surface area contributed by atoms with Crippen LogP contribution in [0.25, 0.3) is 0 Å². The Morgan fingerprint density at radius 3 is 2.43 bits per heavy atom. The first-order valence-corrected chi connectivity index (χ1v) is 11.5. The van der Waals surface area contributed by atoms with Crippen molar-refractivity contribution < 1.29 is 14.3 Å². The summed E-state index contributed by atoms with van der Waals surface area (Å²) in [5.74, 6) is 1.42. The van der Waals surface area contributed by atoms with Crippen LogP contribution in [0.5, 0.6) is 5.75 Å². The van der Waals surface area contributed by atoms with Crippen molar-refractivity contribution in [2.24, 2.45) is 0 Å². The van der Waals surface area contributed by atoms with Crippen molar-refractivity contribution in [2.75, 3.05) is 19.9 Å². The second-order valence-corrected chi connectivity index (χ2v) is 8.47. The van der Waals surface area contributed by atoms with Gasteiger partial charge >= 0.3 is 0 Å². The summed E-state index contributed by atoms with van der Waals surface area (Å²) in [6, 6.07) is 12.3. The van der Waals surface area contributed by atoms with Gasteiger partial charge in [0.1, 0.15) is 11.8 Å². The van der Waals surface area contributed by atoms with Crippen molar-refractivity contribution >= 4 is 46.8 Å². The predicted molar refractivity (Wildman–Crippen MR) is 124 cm³/mol. The Balaban J connectivity index is 2.11. The number of amides is 2. The van der Waals surface area contributed by atoms with Gasteiger partial charge in [-0.3, -0.25) is 9.59 Å². The number of benzene rings is 2. The standard InChI is InChI=1S/C22H26Cl2N2O3S/c1-4-20(22(28)25-2)26(12-16-7-8-17(23)11-19(16)24)21(27)14-30-13-15-5-9-18(29-3)10-6-15/h5-11,20H,4,12-14H2,1-3H3,(H,25,28)/t20-/m1/s1. The molecule has 2 amide bonds. The SMILES string of the molecule is CC[C@H](C(=O)NC)N(Cc1ccc(Cl)cc1Cl)C(=O)CSCc1ccc(OC)cc1. The van der Waals surface area contributed by atoms with Gasteiger partial charge in [-0.1, -0.05) is 48.3 Å². The molecular formula is C22H26Cl2N2O3S. The zero-order valence-electron chi connectivity index (χ0n) is 17.3. The Kier molecular flexibility index (Phi) is 9.82. The monoisotopic (exact) mass is 468 g/mol. The molecule has 8 heteroatoms. The smallest absolute Gasteiger partial charge is 0.242 e. The highest BCUT2D eigenvalue weighted by Crippen LogP contribution is 2.24. The number of hydrogen-bond donors (Lipinski definition) is 1. The second-order valence-electron chi connectivity index (χ2n) is 6.64. The molecule has 1 atom stereocenters. The van der Waals surface area contributed by atoms with Gasteiger partial charge in [0.15, 0.2) is 0 Å². The molecule has 30 heavy (non-hydrogen) atoms. The maximum Gasteiger partial charge on any atom is 0.242 e. The summed E-state index contributed by atoms with van der Waals surface area (Å²) < 4.78 is 5.16. The Bertz CT molecular complexity index is 862. The third kappa shape index (κ3) is 6.83. The van der Waals surface area contributed by atoms with Gasteiger partial charge in [-0.2, -0.15) is 0 Å². The third-order valence-corrected chi connectivity index (χ3v) is 6.22. The zero-order valence-corrected chi connectivity index (χ0v) is 19.6. The number of halogens is 2. The lowest BCUT2D eigenvalue weighted by Gasteiger charge is -2.30. The predicted octanol–water partition coefficient (Wildman–Crippen LogP) is 4.79. The fourth-order valence-electron chi connectivity index (χ4n) is 2.98. The van der Waals surface area contributed by atoms with Gasteiger partial charge < -0.3 is 15.0 Å². The molecule has 0 bridgehead atoms. The van der Waals surface area contributed by atoms with Gasteiger partial charge in [-0.05, 0) is 41.8 Å². The molecule has 5 nitrogen and oxygen atoms in total. The van der Waals surface area contributed by atoms with Gasteiger partial charge in [0.25, 0.3) is 0 Å². The molecule has 0 aromatic heterocycles. The van der Waals surface area contributed by atoms with Gasteiger partial charge in [0, 0.05) is 29.4 Å². The average molecular weight is 469 g/mol. The fourth-order valence-corrected chi connectivity index (χ4v) is 4.32. The number of nitrogens with zero attached hydrogens (tertiary/aromatic N) is 1. The normalized spacial score (nSPS) is 11.6. The number of carbonyl (C=O) groups is 2. The van der Waals surface area contributed by atoms with Crippen LogP contribution in [0.3, 0.4) is 0 Å². The van der Waals surface area contributed by atoms with Gasteiger partial charge in [0.05, 0.1) is 12.9 Å². The topological polar surface area (TPSA) is 58.6 Å². The van der Waals surface area contributed by atoms with E-state index in [-0.39, 0.29) is 24.1 Å². The largest absolute Gasteiger partial charge is 0.497 e. The molecule has 2 rings (SSSR count). The Morgan fingerprint density at radius 2 is 1.87 bits per heavy atom. The number of thioether (sulfide) groups is 1. The maximum atomic E-state index is 13.1. The van der Waals surface area contributed by atoms with Crippen LogP contribution in [0.4, 0.5) is 0 Å². The van der Waals surface area contributed by atoms with E-state index in [1.54, 1.807) is 37.3 Å². The minimum atomic E-state index is -0.573. The summed E-state index contributed by atoms with van der Waals surface area (Å²) in [5.41, 5.74) is 1.84. The number of hydrogen-bond acceptors (Lipinski definition) is 4. The van der Waals surface area contributed by atoms with Gasteiger partial charge in [-0.25, -0.2) is 0 Å². The van der Waals surface area contributed by atoms with E-state index in [4.69, 9.17) is 27.9 Å². The van der Waals surface area contributed by atoms with Crippen LogP contribution in [0.1, 0.15) is 24.5 Å². The van der Waals surface area contributed by atoms with Gasteiger partial charge in [0.2, 0.25) is 11.8 Å². The summed E-state index contributed by atoms with van der Waals surface area (Å²) >= 11 is 13.8. The van der Waals surface area contributed by atoms with Crippen molar-refractivity contribution in [1.29, 1.82) is 0 Å². The van der Waals surface area contributed by atoms with Crippen molar-refractivity contribution in [3.05, 3.63) is 63.6 Å². The van der Waals surface area contributed by atoms with Gasteiger partial charge in [-0.15, -0.1) is 11.8 Å². The van der Waals surface area contributed by atoms with Crippen LogP contribution in [-0.2, 0) is 21.9 Å². The summed E-state index contributed by atoms with van der Waals surface area (Å²) in [5, 5.41) is 3.64. The van der Waals surface area contributed by atoms with Crippen LogP contribution >= 0.6 is 35.0 Å². The first-order valence-electron chi connectivity index (χ1n) is 9.55. The Labute approximate surface area is 192 Å². The summed E-state index contributed by atoms with van der Waals surface area (Å²) in [6.45, 7) is 2.12. The molecule has 162 valence electrons. The first-order chi connectivity index (χ1) is 14.4. The van der Waals surface area contributed by atoms with E-state index in [9.17, 15) is 9.59 Å². The molecule has 2 aromatic rings. The van der Waals surface area contributed by atoms with E-state index >= 15 is 0 Å². The highest BCUT2D eigenvalue weighted by atomic mass is 35.5. The lowest BCUT2D eigenvalue weighted by Crippen LogP contribution is -2.48. The Morgan fingerprint density at radius 1 is 1.17 bits per heavy atom. The van der Waals surface area contributed by atoms with E-state index in [1.807, 2.05) is 31.2 Å². The van der Waals surface area contributed by atoms with E-state index in [1.165, 1.54) is 11.8 Å². The molecule has 0 fully saturated rings. The van der Waals surface area contributed by atoms with Crippen LogP contribution in [-0.4, -0.2) is 42.7 Å². The molecule has 0 saturated heterocycles. The molecular weight excluding hydrogens is 443 g/mol. The van der Waals surface area contributed by atoms with E-state index < -0.39 is 6.04 Å². The molecule has 0 spiro atoms. The lowest BCUT2D eigenvalue weighted by atomic mass is 10.1. The van der Waals surface area contributed by atoms with Crippen LogP contribution in [0.2, 0.25) is 10.0 Å². The highest BCUT2D eigenvalue weighted by Gasteiger charge is 2.28. The second kappa shape index (κ2) is 12.1. The van der Waals surface area contributed by atoms with Crippen molar-refractivity contribution in [2.45, 2.75) is 31.7 Å². The van der Waals surface area contributed by atoms with E-state index in [0.717, 1.165) is 16.9 Å². The van der Waals surface area contributed by atoms with Crippen LogP contribution in [0, 0.1) is 0 Å². The van der Waals surface area contributed by atoms with Crippen LogP contribution in [0.15, 0.2) is 42.5 Å². The minimum absolute atomic E-state index is 0.116. The number of rotatable bonds is 10.